The molecule has 1 aromatic rings. The second kappa shape index (κ2) is 3.49. The first-order chi connectivity index (χ1) is 5.24. The fourth-order valence-electron chi connectivity index (χ4n) is 1.04. The molecule has 0 spiro atoms. The monoisotopic (exact) mass is 151 g/mol. The van der Waals surface area contributed by atoms with Crippen LogP contribution < -0.4 is 0 Å². The molecule has 0 aliphatic heterocycles. The average Bonchev–Trinajstić information content (AvgIpc) is 1.98. The van der Waals surface area contributed by atoms with Crippen molar-refractivity contribution < 1.29 is 5.11 Å². The molecule has 0 saturated carbocycles. The molecular weight excluding hydrogens is 138 g/mol. The van der Waals surface area contributed by atoms with Gasteiger partial charge >= 0.3 is 0 Å². The molecule has 0 fully saturated rings. The van der Waals surface area contributed by atoms with Crippen molar-refractivity contribution in [3.05, 3.63) is 29.1 Å². The SMILES string of the molecule is Cc1ccc(C)c(CCO)n1. The van der Waals surface area contributed by atoms with Crippen molar-refractivity contribution in [3.8, 4) is 0 Å². The van der Waals surface area contributed by atoms with Crippen LogP contribution in [0.4, 0.5) is 0 Å². The van der Waals surface area contributed by atoms with Gasteiger partial charge in [0.05, 0.1) is 0 Å². The van der Waals surface area contributed by atoms with E-state index in [1.165, 1.54) is 0 Å². The predicted molar refractivity (Wildman–Crippen MR) is 44.5 cm³/mol. The number of pyridine rings is 1. The molecule has 11 heavy (non-hydrogen) atoms. The van der Waals surface area contributed by atoms with Gasteiger partial charge in [0.25, 0.3) is 0 Å². The van der Waals surface area contributed by atoms with Gasteiger partial charge in [-0.15, -0.1) is 0 Å². The molecule has 1 heterocycles. The number of aliphatic hydroxyl groups is 1. The van der Waals surface area contributed by atoms with Gasteiger partial charge in [0.1, 0.15) is 0 Å². The van der Waals surface area contributed by atoms with Crippen LogP contribution in [0.3, 0.4) is 0 Å². The van der Waals surface area contributed by atoms with E-state index in [0.717, 1.165) is 17.0 Å². The zero-order valence-electron chi connectivity index (χ0n) is 6.96. The van der Waals surface area contributed by atoms with Crippen molar-refractivity contribution in [1.82, 2.24) is 4.98 Å². The summed E-state index contributed by atoms with van der Waals surface area (Å²) in [6, 6.07) is 4.02. The van der Waals surface area contributed by atoms with Crippen molar-refractivity contribution in [2.24, 2.45) is 0 Å². The highest BCUT2D eigenvalue weighted by Crippen LogP contribution is 2.05. The van der Waals surface area contributed by atoms with Crippen LogP contribution in [-0.2, 0) is 6.42 Å². The first-order valence-corrected chi connectivity index (χ1v) is 3.78. The Bertz CT molecular complexity index is 245. The van der Waals surface area contributed by atoms with Gasteiger partial charge in [-0.2, -0.15) is 0 Å². The largest absolute Gasteiger partial charge is 0.396 e. The molecule has 0 aliphatic rings. The van der Waals surface area contributed by atoms with Crippen LogP contribution in [0.5, 0.6) is 0 Å². The predicted octanol–water partition coefficient (Wildman–Crippen LogP) is 1.23. The molecule has 1 rings (SSSR count). The molecular formula is C9H13NO. The van der Waals surface area contributed by atoms with E-state index in [2.05, 4.69) is 4.98 Å². The summed E-state index contributed by atoms with van der Waals surface area (Å²) in [6.45, 7) is 4.15. The molecule has 0 saturated heterocycles. The van der Waals surface area contributed by atoms with Crippen LogP contribution in [-0.4, -0.2) is 16.7 Å². The summed E-state index contributed by atoms with van der Waals surface area (Å²) in [5.41, 5.74) is 3.18. The lowest BCUT2D eigenvalue weighted by Crippen LogP contribution is -1.98. The van der Waals surface area contributed by atoms with Gasteiger partial charge in [-0.25, -0.2) is 0 Å². The Kier molecular flexibility index (Phi) is 2.60. The molecule has 1 aromatic heterocycles. The minimum absolute atomic E-state index is 0.178. The molecule has 0 unspecified atom stereocenters. The van der Waals surface area contributed by atoms with Gasteiger partial charge in [-0.3, -0.25) is 4.98 Å². The van der Waals surface area contributed by atoms with Crippen molar-refractivity contribution >= 4 is 0 Å². The summed E-state index contributed by atoms with van der Waals surface area (Å²) >= 11 is 0. The quantitative estimate of drug-likeness (QED) is 0.689. The average molecular weight is 151 g/mol. The van der Waals surface area contributed by atoms with E-state index in [1.807, 2.05) is 26.0 Å². The van der Waals surface area contributed by atoms with Crippen LogP contribution in [0.2, 0.25) is 0 Å². The Balaban J connectivity index is 2.93. The second-order valence-electron chi connectivity index (χ2n) is 2.69. The van der Waals surface area contributed by atoms with E-state index in [4.69, 9.17) is 5.11 Å². The summed E-state index contributed by atoms with van der Waals surface area (Å²) in [5.74, 6) is 0. The first kappa shape index (κ1) is 8.21. The highest BCUT2D eigenvalue weighted by Gasteiger charge is 1.98. The van der Waals surface area contributed by atoms with Crippen LogP contribution in [0.25, 0.3) is 0 Å². The summed E-state index contributed by atoms with van der Waals surface area (Å²) in [5, 5.41) is 8.70. The topological polar surface area (TPSA) is 33.1 Å². The maximum Gasteiger partial charge on any atom is 0.0486 e. The Morgan fingerprint density at radius 1 is 1.36 bits per heavy atom. The van der Waals surface area contributed by atoms with Crippen molar-refractivity contribution in [3.63, 3.8) is 0 Å². The van der Waals surface area contributed by atoms with E-state index in [-0.39, 0.29) is 6.61 Å². The van der Waals surface area contributed by atoms with Crippen molar-refractivity contribution in [2.75, 3.05) is 6.61 Å². The van der Waals surface area contributed by atoms with Gasteiger partial charge in [0.15, 0.2) is 0 Å². The fraction of sp³-hybridized carbons (Fsp3) is 0.444. The second-order valence-corrected chi connectivity index (χ2v) is 2.69. The number of aromatic nitrogens is 1. The lowest BCUT2D eigenvalue weighted by molar-refractivity contribution is 0.298. The number of rotatable bonds is 2. The third-order valence-electron chi connectivity index (χ3n) is 1.69. The number of hydrogen-bond acceptors (Lipinski definition) is 2. The summed E-state index contributed by atoms with van der Waals surface area (Å²) in [6.07, 6.45) is 0.660. The Morgan fingerprint density at radius 3 is 2.73 bits per heavy atom. The minimum Gasteiger partial charge on any atom is -0.396 e. The highest BCUT2D eigenvalue weighted by atomic mass is 16.3. The standard InChI is InChI=1S/C9H13NO/c1-7-3-4-8(2)10-9(7)5-6-11/h3-4,11H,5-6H2,1-2H3. The first-order valence-electron chi connectivity index (χ1n) is 3.78. The van der Waals surface area contributed by atoms with Crippen molar-refractivity contribution in [2.45, 2.75) is 20.3 Å². The molecule has 1 N–H and O–H groups in total. The molecule has 0 radical (unpaired) electrons. The van der Waals surface area contributed by atoms with Gasteiger partial charge in [-0.05, 0) is 25.5 Å². The Morgan fingerprint density at radius 2 is 2.09 bits per heavy atom. The Labute approximate surface area is 66.9 Å². The molecule has 60 valence electrons. The van der Waals surface area contributed by atoms with Gasteiger partial charge in [0, 0.05) is 24.4 Å². The number of aryl methyl sites for hydroxylation is 2. The van der Waals surface area contributed by atoms with Crippen LogP contribution in [0, 0.1) is 13.8 Å². The lowest BCUT2D eigenvalue weighted by atomic mass is 10.1. The number of hydrogen-bond donors (Lipinski definition) is 1. The van der Waals surface area contributed by atoms with Gasteiger partial charge in [0.2, 0.25) is 0 Å². The van der Waals surface area contributed by atoms with E-state index < -0.39 is 0 Å². The number of nitrogens with zero attached hydrogens (tertiary/aromatic N) is 1. The summed E-state index contributed by atoms with van der Waals surface area (Å²) in [4.78, 5) is 4.30. The summed E-state index contributed by atoms with van der Waals surface area (Å²) < 4.78 is 0. The maximum atomic E-state index is 8.70. The maximum absolute atomic E-state index is 8.70. The van der Waals surface area contributed by atoms with E-state index in [1.54, 1.807) is 0 Å². The smallest absolute Gasteiger partial charge is 0.0486 e. The molecule has 0 bridgehead atoms. The molecule has 0 amide bonds. The number of aliphatic hydroxyl groups excluding tert-OH is 1. The molecule has 2 heteroatoms. The van der Waals surface area contributed by atoms with Crippen LogP contribution in [0.15, 0.2) is 12.1 Å². The summed E-state index contributed by atoms with van der Waals surface area (Å²) in [7, 11) is 0. The van der Waals surface area contributed by atoms with Gasteiger partial charge < -0.3 is 5.11 Å². The van der Waals surface area contributed by atoms with Crippen LogP contribution >= 0.6 is 0 Å². The third kappa shape index (κ3) is 2.02. The highest BCUT2D eigenvalue weighted by molar-refractivity contribution is 5.21. The zero-order valence-corrected chi connectivity index (χ0v) is 6.96. The minimum atomic E-state index is 0.178. The normalized spacial score (nSPS) is 10.1. The molecule has 0 aromatic carbocycles. The van der Waals surface area contributed by atoms with Gasteiger partial charge in [-0.1, -0.05) is 6.07 Å². The molecule has 0 aliphatic carbocycles. The van der Waals surface area contributed by atoms with E-state index in [9.17, 15) is 0 Å². The van der Waals surface area contributed by atoms with E-state index in [0.29, 0.717) is 6.42 Å². The third-order valence-corrected chi connectivity index (χ3v) is 1.69. The van der Waals surface area contributed by atoms with Crippen LogP contribution in [0.1, 0.15) is 17.0 Å². The lowest BCUT2D eigenvalue weighted by Gasteiger charge is -2.02. The van der Waals surface area contributed by atoms with Crippen molar-refractivity contribution in [1.29, 1.82) is 0 Å². The van der Waals surface area contributed by atoms with E-state index >= 15 is 0 Å². The fourth-order valence-corrected chi connectivity index (χ4v) is 1.04. The molecule has 0 atom stereocenters. The zero-order chi connectivity index (χ0) is 8.27. The molecule has 2 nitrogen and oxygen atoms in total. The Hall–Kier alpha value is -0.890.